The Bertz CT molecular complexity index is 597. The maximum atomic E-state index is 5.14. The summed E-state index contributed by atoms with van der Waals surface area (Å²) in [6, 6.07) is 0.332. The van der Waals surface area contributed by atoms with Crippen molar-refractivity contribution in [2.45, 2.75) is 71.6 Å². The molecule has 1 unspecified atom stereocenters. The predicted octanol–water partition coefficient (Wildman–Crippen LogP) is 2.49. The zero-order valence-corrected chi connectivity index (χ0v) is 18.6. The summed E-state index contributed by atoms with van der Waals surface area (Å²) in [5.41, 5.74) is 0.378. The first kappa shape index (κ1) is 21.4. The van der Waals surface area contributed by atoms with Gasteiger partial charge in [0.25, 0.3) is 0 Å². The highest BCUT2D eigenvalue weighted by molar-refractivity contribution is 14.0. The Morgan fingerprint density at radius 2 is 2.15 bits per heavy atom. The number of guanidine groups is 1. The lowest BCUT2D eigenvalue weighted by molar-refractivity contribution is 0.177. The second kappa shape index (κ2) is 9.87. The van der Waals surface area contributed by atoms with Crippen LogP contribution in [0, 0.1) is 5.41 Å². The molecule has 1 saturated carbocycles. The molecular formula is C18H33IN6O. The van der Waals surface area contributed by atoms with Crippen molar-refractivity contribution in [1.82, 2.24) is 25.4 Å². The lowest BCUT2D eigenvalue weighted by Gasteiger charge is -2.26. The fraction of sp³-hybridized carbons (Fsp3) is 0.833. The molecule has 0 radical (unpaired) electrons. The van der Waals surface area contributed by atoms with Gasteiger partial charge in [-0.3, -0.25) is 4.99 Å². The van der Waals surface area contributed by atoms with E-state index in [1.54, 1.807) is 7.11 Å². The van der Waals surface area contributed by atoms with Crippen molar-refractivity contribution in [3.05, 3.63) is 11.6 Å². The van der Waals surface area contributed by atoms with E-state index in [9.17, 15) is 0 Å². The number of aryl methyl sites for hydroxylation is 1. The topological polar surface area (TPSA) is 76.4 Å². The number of hydrogen-bond donors (Lipinski definition) is 2. The number of ether oxygens (including phenoxy) is 1. The van der Waals surface area contributed by atoms with Crippen LogP contribution in [0.1, 0.15) is 57.6 Å². The van der Waals surface area contributed by atoms with Gasteiger partial charge in [0.2, 0.25) is 0 Å². The fourth-order valence-corrected chi connectivity index (χ4v) is 3.84. The summed E-state index contributed by atoms with van der Waals surface area (Å²) in [7, 11) is 1.67. The lowest BCUT2D eigenvalue weighted by Crippen LogP contribution is -2.47. The first-order valence-electron chi connectivity index (χ1n) is 9.58. The van der Waals surface area contributed by atoms with Gasteiger partial charge in [-0.15, -0.1) is 24.0 Å². The SMILES string of the molecule is CCNC(=NCC1(C)CCCC1)NC1CCc2nc(COC)nn2C1.I. The van der Waals surface area contributed by atoms with Gasteiger partial charge >= 0.3 is 0 Å². The lowest BCUT2D eigenvalue weighted by atomic mass is 9.89. The Labute approximate surface area is 173 Å². The maximum Gasteiger partial charge on any atom is 0.191 e. The Kier molecular flexibility index (Phi) is 8.12. The zero-order chi connectivity index (χ0) is 17.7. The van der Waals surface area contributed by atoms with Crippen LogP contribution < -0.4 is 10.6 Å². The molecular weight excluding hydrogens is 443 g/mol. The molecule has 2 heterocycles. The molecule has 0 bridgehead atoms. The number of aromatic nitrogens is 3. The molecule has 1 aromatic heterocycles. The monoisotopic (exact) mass is 476 g/mol. The largest absolute Gasteiger partial charge is 0.377 e. The van der Waals surface area contributed by atoms with Crippen molar-refractivity contribution in [2.24, 2.45) is 10.4 Å². The molecule has 3 rings (SSSR count). The molecule has 2 aliphatic rings. The highest BCUT2D eigenvalue weighted by Crippen LogP contribution is 2.37. The summed E-state index contributed by atoms with van der Waals surface area (Å²) in [4.78, 5) is 9.42. The molecule has 1 aliphatic heterocycles. The normalized spacial score (nSPS) is 21.8. The van der Waals surface area contributed by atoms with Gasteiger partial charge in [0.1, 0.15) is 12.4 Å². The van der Waals surface area contributed by atoms with Gasteiger partial charge in [0, 0.05) is 32.7 Å². The van der Waals surface area contributed by atoms with Crippen LogP contribution in [0.2, 0.25) is 0 Å². The highest BCUT2D eigenvalue weighted by atomic mass is 127. The van der Waals surface area contributed by atoms with E-state index in [0.29, 0.717) is 18.1 Å². The van der Waals surface area contributed by atoms with Crippen LogP contribution in [0.4, 0.5) is 0 Å². The number of halogens is 1. The summed E-state index contributed by atoms with van der Waals surface area (Å²) in [6.45, 7) is 7.56. The van der Waals surface area contributed by atoms with Crippen molar-refractivity contribution in [1.29, 1.82) is 0 Å². The predicted molar refractivity (Wildman–Crippen MR) is 114 cm³/mol. The van der Waals surface area contributed by atoms with E-state index in [4.69, 9.17) is 9.73 Å². The number of aliphatic imine (C=N–C) groups is 1. The van der Waals surface area contributed by atoms with E-state index < -0.39 is 0 Å². The Morgan fingerprint density at radius 1 is 1.38 bits per heavy atom. The van der Waals surface area contributed by atoms with Crippen LogP contribution >= 0.6 is 24.0 Å². The van der Waals surface area contributed by atoms with Crippen LogP contribution in [0.25, 0.3) is 0 Å². The average Bonchev–Trinajstić information content (AvgIpc) is 3.19. The summed E-state index contributed by atoms with van der Waals surface area (Å²) in [5, 5.41) is 11.5. The van der Waals surface area contributed by atoms with Crippen LogP contribution in [-0.2, 0) is 24.3 Å². The Hall–Kier alpha value is -0.900. The first-order chi connectivity index (χ1) is 12.1. The van der Waals surface area contributed by atoms with Gasteiger partial charge in [-0.05, 0) is 31.6 Å². The minimum atomic E-state index is 0. The third-order valence-electron chi connectivity index (χ3n) is 5.29. The van der Waals surface area contributed by atoms with Gasteiger partial charge in [0.15, 0.2) is 11.8 Å². The molecule has 0 amide bonds. The van der Waals surface area contributed by atoms with E-state index in [2.05, 4.69) is 34.6 Å². The number of fused-ring (bicyclic) bond motifs is 1. The molecule has 1 atom stereocenters. The first-order valence-corrected chi connectivity index (χ1v) is 9.58. The van der Waals surface area contributed by atoms with Crippen LogP contribution in [0.3, 0.4) is 0 Å². The molecule has 2 N–H and O–H groups in total. The molecule has 8 heteroatoms. The zero-order valence-electron chi connectivity index (χ0n) is 16.3. The highest BCUT2D eigenvalue weighted by Gasteiger charge is 2.28. The molecule has 7 nitrogen and oxygen atoms in total. The molecule has 1 aliphatic carbocycles. The van der Waals surface area contributed by atoms with Crippen molar-refractivity contribution >= 4 is 29.9 Å². The van der Waals surface area contributed by atoms with Crippen LogP contribution in [0.5, 0.6) is 0 Å². The van der Waals surface area contributed by atoms with Crippen molar-refractivity contribution in [3.63, 3.8) is 0 Å². The van der Waals surface area contributed by atoms with Crippen molar-refractivity contribution in [2.75, 3.05) is 20.2 Å². The molecule has 0 spiro atoms. The number of nitrogens with zero attached hydrogens (tertiary/aromatic N) is 4. The summed E-state index contributed by atoms with van der Waals surface area (Å²) in [6.07, 6.45) is 7.27. The smallest absolute Gasteiger partial charge is 0.191 e. The minimum absolute atomic E-state index is 0. The van der Waals surface area contributed by atoms with Gasteiger partial charge in [-0.2, -0.15) is 5.10 Å². The Morgan fingerprint density at radius 3 is 2.85 bits per heavy atom. The van der Waals surface area contributed by atoms with Gasteiger partial charge in [0.05, 0.1) is 6.54 Å². The third-order valence-corrected chi connectivity index (χ3v) is 5.29. The Balaban J connectivity index is 0.00000243. The average molecular weight is 476 g/mol. The molecule has 148 valence electrons. The molecule has 1 aromatic rings. The molecule has 26 heavy (non-hydrogen) atoms. The second-order valence-electron chi connectivity index (χ2n) is 7.65. The van der Waals surface area contributed by atoms with E-state index >= 15 is 0 Å². The van der Waals surface area contributed by atoms with E-state index in [0.717, 1.165) is 50.1 Å². The van der Waals surface area contributed by atoms with Gasteiger partial charge in [-0.25, -0.2) is 9.67 Å². The van der Waals surface area contributed by atoms with E-state index in [1.807, 2.05) is 4.68 Å². The second-order valence-corrected chi connectivity index (χ2v) is 7.65. The minimum Gasteiger partial charge on any atom is -0.377 e. The number of rotatable bonds is 6. The molecule has 0 saturated heterocycles. The number of hydrogen-bond acceptors (Lipinski definition) is 4. The fourth-order valence-electron chi connectivity index (χ4n) is 3.84. The summed E-state index contributed by atoms with van der Waals surface area (Å²) >= 11 is 0. The molecule has 1 fully saturated rings. The number of methoxy groups -OCH3 is 1. The maximum absolute atomic E-state index is 5.14. The van der Waals surface area contributed by atoms with Gasteiger partial charge < -0.3 is 15.4 Å². The quantitative estimate of drug-likeness (QED) is 0.375. The van der Waals surface area contributed by atoms with Crippen molar-refractivity contribution in [3.8, 4) is 0 Å². The number of nitrogens with one attached hydrogen (secondary N) is 2. The third kappa shape index (κ3) is 5.55. The van der Waals surface area contributed by atoms with Crippen LogP contribution in [-0.4, -0.2) is 47.0 Å². The standard InChI is InChI=1S/C18H32N6O.HI/c1-4-19-17(20-13-18(2)9-5-6-10-18)21-14-7-8-16-22-15(12-25-3)23-24(16)11-14;/h14H,4-13H2,1-3H3,(H2,19,20,21);1H. The molecule has 0 aromatic carbocycles. The van der Waals surface area contributed by atoms with Gasteiger partial charge in [-0.1, -0.05) is 19.8 Å². The van der Waals surface area contributed by atoms with Crippen LogP contribution in [0.15, 0.2) is 4.99 Å². The van der Waals surface area contributed by atoms with Crippen molar-refractivity contribution < 1.29 is 4.74 Å². The van der Waals surface area contributed by atoms with E-state index in [-0.39, 0.29) is 24.0 Å². The summed E-state index contributed by atoms with van der Waals surface area (Å²) in [5.74, 6) is 2.76. The summed E-state index contributed by atoms with van der Waals surface area (Å²) < 4.78 is 7.15. The van der Waals surface area contributed by atoms with E-state index in [1.165, 1.54) is 25.7 Å².